The molecule has 0 aromatic rings. The van der Waals surface area contributed by atoms with Gasteiger partial charge in [0.1, 0.15) is 0 Å². The molecule has 1 saturated heterocycles. The summed E-state index contributed by atoms with van der Waals surface area (Å²) in [6, 6.07) is 0. The Balaban J connectivity index is 2.31. The topological polar surface area (TPSA) is 37.4 Å². The molecule has 2 aliphatic rings. The minimum atomic E-state index is -0.0700. The van der Waals surface area contributed by atoms with Crippen LogP contribution >= 0.6 is 22.9 Å². The molecule has 2 amide bonds. The predicted molar refractivity (Wildman–Crippen MR) is 51.2 cm³/mol. The fourth-order valence-electron chi connectivity index (χ4n) is 1.76. The van der Waals surface area contributed by atoms with Crippen LogP contribution in [0.15, 0.2) is 12.2 Å². The van der Waals surface area contributed by atoms with Crippen LogP contribution in [-0.4, -0.2) is 14.9 Å². The summed E-state index contributed by atoms with van der Waals surface area (Å²) in [7, 11) is 0. The maximum atomic E-state index is 11.4. The van der Waals surface area contributed by atoms with Gasteiger partial charge in [0.25, 0.3) is 0 Å². The largest absolute Gasteiger partial charge is 0.273 e. The van der Waals surface area contributed by atoms with Crippen LogP contribution in [0.3, 0.4) is 0 Å². The Kier molecular flexibility index (Phi) is 1.94. The number of hydrogen-bond donors (Lipinski definition) is 0. The highest BCUT2D eigenvalue weighted by molar-refractivity contribution is 14.1. The maximum absolute atomic E-state index is 11.4. The van der Waals surface area contributed by atoms with E-state index in [4.69, 9.17) is 0 Å². The minimum Gasteiger partial charge on any atom is -0.273 e. The number of carbonyl (C=O) groups excluding carboxylic acids is 2. The highest BCUT2D eigenvalue weighted by Crippen LogP contribution is 2.36. The zero-order chi connectivity index (χ0) is 8.72. The van der Waals surface area contributed by atoms with Crippen molar-refractivity contribution in [2.45, 2.75) is 12.8 Å². The highest BCUT2D eigenvalue weighted by Gasteiger charge is 2.46. The summed E-state index contributed by atoms with van der Waals surface area (Å²) in [6.07, 6.45) is 5.44. The molecule has 64 valence electrons. The van der Waals surface area contributed by atoms with Crippen LogP contribution in [0, 0.1) is 11.8 Å². The van der Waals surface area contributed by atoms with Gasteiger partial charge in [-0.25, -0.2) is 3.11 Å². The molecule has 0 N–H and O–H groups in total. The predicted octanol–water partition coefficient (Wildman–Crippen LogP) is 1.29. The molecule has 3 nitrogen and oxygen atoms in total. The van der Waals surface area contributed by atoms with Crippen LogP contribution in [0.4, 0.5) is 0 Å². The van der Waals surface area contributed by atoms with Crippen molar-refractivity contribution in [1.29, 1.82) is 0 Å². The van der Waals surface area contributed by atoms with E-state index in [9.17, 15) is 9.59 Å². The smallest absolute Gasteiger partial charge is 0.242 e. The number of rotatable bonds is 0. The molecule has 1 fully saturated rings. The van der Waals surface area contributed by atoms with Gasteiger partial charge in [-0.15, -0.1) is 0 Å². The van der Waals surface area contributed by atoms with Crippen molar-refractivity contribution in [1.82, 2.24) is 3.11 Å². The summed E-state index contributed by atoms with van der Waals surface area (Å²) >= 11 is 1.80. The summed E-state index contributed by atoms with van der Waals surface area (Å²) in [6.45, 7) is 0. The Hall–Kier alpha value is -0.390. The van der Waals surface area contributed by atoms with E-state index < -0.39 is 0 Å². The number of halogens is 1. The second-order valence-electron chi connectivity index (χ2n) is 3.11. The third kappa shape index (κ3) is 1.01. The van der Waals surface area contributed by atoms with E-state index in [0.29, 0.717) is 0 Å². The third-order valence-corrected chi connectivity index (χ3v) is 3.40. The first-order chi connectivity index (χ1) is 5.72. The summed E-state index contributed by atoms with van der Waals surface area (Å²) < 4.78 is 1.24. The van der Waals surface area contributed by atoms with Crippen molar-refractivity contribution in [2.24, 2.45) is 11.8 Å². The molecular formula is C8H8INO2. The van der Waals surface area contributed by atoms with Gasteiger partial charge in [0.15, 0.2) is 0 Å². The van der Waals surface area contributed by atoms with Crippen molar-refractivity contribution >= 4 is 34.7 Å². The van der Waals surface area contributed by atoms with Gasteiger partial charge in [0.2, 0.25) is 11.8 Å². The average Bonchev–Trinajstić information content (AvgIpc) is 2.33. The van der Waals surface area contributed by atoms with Gasteiger partial charge < -0.3 is 0 Å². The molecule has 0 saturated carbocycles. The summed E-state index contributed by atoms with van der Waals surface area (Å²) in [5, 5.41) is 0. The Morgan fingerprint density at radius 2 is 1.58 bits per heavy atom. The van der Waals surface area contributed by atoms with Crippen molar-refractivity contribution < 1.29 is 9.59 Å². The fourth-order valence-corrected chi connectivity index (χ4v) is 2.48. The lowest BCUT2D eigenvalue weighted by Gasteiger charge is -2.14. The lowest BCUT2D eigenvalue weighted by atomic mass is 9.85. The summed E-state index contributed by atoms with van der Waals surface area (Å²) in [4.78, 5) is 22.8. The van der Waals surface area contributed by atoms with Crippen molar-refractivity contribution in [3.63, 3.8) is 0 Å². The Labute approximate surface area is 84.3 Å². The number of amides is 2. The number of nitrogens with zero attached hydrogens (tertiary/aromatic N) is 1. The molecule has 0 aromatic carbocycles. The van der Waals surface area contributed by atoms with E-state index in [1.807, 2.05) is 12.2 Å². The zero-order valence-electron chi connectivity index (χ0n) is 6.37. The lowest BCUT2D eigenvalue weighted by molar-refractivity contribution is -0.131. The van der Waals surface area contributed by atoms with Crippen molar-refractivity contribution in [3.8, 4) is 0 Å². The molecule has 0 spiro atoms. The number of fused-ring (bicyclic) bond motifs is 1. The molecule has 4 heteroatoms. The van der Waals surface area contributed by atoms with E-state index in [2.05, 4.69) is 0 Å². The van der Waals surface area contributed by atoms with Crippen LogP contribution in [0.25, 0.3) is 0 Å². The number of allylic oxidation sites excluding steroid dienone is 2. The van der Waals surface area contributed by atoms with Crippen LogP contribution in [0.5, 0.6) is 0 Å². The monoisotopic (exact) mass is 277 g/mol. The Morgan fingerprint density at radius 3 is 2.00 bits per heavy atom. The van der Waals surface area contributed by atoms with Gasteiger partial charge in [-0.3, -0.25) is 9.59 Å². The number of imide groups is 1. The molecule has 1 aliphatic heterocycles. The summed E-state index contributed by atoms with van der Waals surface area (Å²) in [5.74, 6) is -0.177. The van der Waals surface area contributed by atoms with E-state index >= 15 is 0 Å². The van der Waals surface area contributed by atoms with E-state index in [0.717, 1.165) is 12.8 Å². The van der Waals surface area contributed by atoms with Gasteiger partial charge >= 0.3 is 0 Å². The van der Waals surface area contributed by atoms with Gasteiger partial charge in [0, 0.05) is 0 Å². The molecule has 0 aromatic heterocycles. The second kappa shape index (κ2) is 2.83. The van der Waals surface area contributed by atoms with Gasteiger partial charge in [0.05, 0.1) is 34.7 Å². The third-order valence-electron chi connectivity index (χ3n) is 2.45. The minimum absolute atomic E-state index is 0.0186. The normalized spacial score (nSPS) is 34.2. The van der Waals surface area contributed by atoms with Crippen molar-refractivity contribution in [2.75, 3.05) is 0 Å². The van der Waals surface area contributed by atoms with Gasteiger partial charge in [-0.05, 0) is 12.8 Å². The van der Waals surface area contributed by atoms with Crippen LogP contribution in [0.2, 0.25) is 0 Å². The van der Waals surface area contributed by atoms with Crippen LogP contribution in [-0.2, 0) is 9.59 Å². The van der Waals surface area contributed by atoms with E-state index in [-0.39, 0.29) is 23.7 Å². The molecule has 2 atom stereocenters. The maximum Gasteiger partial charge on any atom is 0.242 e. The first-order valence-corrected chi connectivity index (χ1v) is 4.87. The Bertz CT molecular complexity index is 248. The molecule has 1 heterocycles. The summed E-state index contributed by atoms with van der Waals surface area (Å²) in [5.41, 5.74) is 0. The Morgan fingerprint density at radius 1 is 1.17 bits per heavy atom. The first-order valence-electron chi connectivity index (χ1n) is 3.90. The second-order valence-corrected chi connectivity index (χ2v) is 4.08. The number of hydrogen-bond acceptors (Lipinski definition) is 2. The first kappa shape index (κ1) is 8.22. The molecule has 0 bridgehead atoms. The standard InChI is InChI=1S/C8H8INO2/c9-10-7(11)5-3-1-2-4-6(5)8(10)12/h1-2,5-6H,3-4H2. The van der Waals surface area contributed by atoms with Gasteiger partial charge in [-0.2, -0.15) is 0 Å². The molecule has 2 rings (SSSR count). The molecule has 12 heavy (non-hydrogen) atoms. The van der Waals surface area contributed by atoms with E-state index in [1.165, 1.54) is 3.11 Å². The zero-order valence-corrected chi connectivity index (χ0v) is 8.52. The molecule has 2 unspecified atom stereocenters. The van der Waals surface area contributed by atoms with Crippen LogP contribution < -0.4 is 0 Å². The fraction of sp³-hybridized carbons (Fsp3) is 0.500. The van der Waals surface area contributed by atoms with Crippen LogP contribution in [0.1, 0.15) is 12.8 Å². The lowest BCUT2D eigenvalue weighted by Crippen LogP contribution is -2.19. The quantitative estimate of drug-likeness (QED) is 0.289. The van der Waals surface area contributed by atoms with Crippen molar-refractivity contribution in [3.05, 3.63) is 12.2 Å². The number of carbonyl (C=O) groups is 2. The molecule has 1 aliphatic carbocycles. The van der Waals surface area contributed by atoms with Gasteiger partial charge in [-0.1, -0.05) is 12.2 Å². The molecular weight excluding hydrogens is 269 g/mol. The SMILES string of the molecule is O=C1C2CC=CCC2C(=O)N1I. The average molecular weight is 277 g/mol. The highest BCUT2D eigenvalue weighted by atomic mass is 127. The van der Waals surface area contributed by atoms with E-state index in [1.54, 1.807) is 22.9 Å². The molecule has 0 radical (unpaired) electrons.